The van der Waals surface area contributed by atoms with Crippen LogP contribution in [0.1, 0.15) is 40.2 Å². The summed E-state index contributed by atoms with van der Waals surface area (Å²) >= 11 is 0. The Balaban J connectivity index is 1.69. The fourth-order valence-corrected chi connectivity index (χ4v) is 6.10. The monoisotopic (exact) mass is 522 g/mol. The summed E-state index contributed by atoms with van der Waals surface area (Å²) in [5.41, 5.74) is 4.32. The summed E-state index contributed by atoms with van der Waals surface area (Å²) in [7, 11) is 11.5. The zero-order valence-corrected chi connectivity index (χ0v) is 22.8. The summed E-state index contributed by atoms with van der Waals surface area (Å²) in [6.45, 7) is 0.561. The van der Waals surface area contributed by atoms with Crippen LogP contribution in [0.5, 0.6) is 40.2 Å². The third-order valence-electron chi connectivity index (χ3n) is 7.74. The van der Waals surface area contributed by atoms with E-state index in [-0.39, 0.29) is 23.9 Å². The minimum Gasteiger partial charge on any atom is -0.497 e. The third-order valence-corrected chi connectivity index (χ3v) is 7.74. The van der Waals surface area contributed by atoms with Crippen LogP contribution in [0.25, 0.3) is 0 Å². The van der Waals surface area contributed by atoms with Crippen molar-refractivity contribution in [3.05, 3.63) is 64.7 Å². The zero-order chi connectivity index (χ0) is 27.0. The molecule has 0 amide bonds. The molecule has 0 bridgehead atoms. The lowest BCUT2D eigenvalue weighted by molar-refractivity contribution is 0.0988. The third kappa shape index (κ3) is 4.04. The molecule has 3 aromatic rings. The van der Waals surface area contributed by atoms with Crippen LogP contribution in [0.3, 0.4) is 0 Å². The molecule has 0 radical (unpaired) electrons. The number of ether oxygens (including phenoxy) is 8. The van der Waals surface area contributed by atoms with Crippen molar-refractivity contribution < 1.29 is 37.9 Å². The van der Waals surface area contributed by atoms with Crippen molar-refractivity contribution in [2.24, 2.45) is 5.92 Å². The summed E-state index contributed by atoms with van der Waals surface area (Å²) < 4.78 is 46.2. The van der Waals surface area contributed by atoms with Crippen molar-refractivity contribution in [1.82, 2.24) is 0 Å². The van der Waals surface area contributed by atoms with E-state index in [0.717, 1.165) is 33.8 Å². The first-order chi connectivity index (χ1) is 18.5. The molecule has 0 N–H and O–H groups in total. The van der Waals surface area contributed by atoms with Gasteiger partial charge in [-0.2, -0.15) is 0 Å². The highest BCUT2D eigenvalue weighted by Crippen LogP contribution is 2.62. The number of fused-ring (bicyclic) bond motifs is 3. The highest BCUT2D eigenvalue weighted by molar-refractivity contribution is 5.62. The molecule has 1 saturated heterocycles. The molecule has 0 spiro atoms. The van der Waals surface area contributed by atoms with E-state index in [9.17, 15) is 0 Å². The van der Waals surface area contributed by atoms with Crippen molar-refractivity contribution in [2.45, 2.75) is 17.9 Å². The number of hydrogen-bond donors (Lipinski definition) is 0. The molecule has 3 aromatic carbocycles. The molecule has 1 aliphatic heterocycles. The number of rotatable bonds is 9. The lowest BCUT2D eigenvalue weighted by atomic mass is 9.81. The fraction of sp³-hybridized carbons (Fsp3) is 0.400. The molecular formula is C30H34O8. The molecule has 8 heteroatoms. The normalized spacial score (nSPS) is 21.3. The van der Waals surface area contributed by atoms with Gasteiger partial charge in [-0.15, -0.1) is 0 Å². The number of hydrogen-bond acceptors (Lipinski definition) is 8. The second kappa shape index (κ2) is 10.5. The topological polar surface area (TPSA) is 73.8 Å². The number of benzene rings is 3. The van der Waals surface area contributed by atoms with Crippen LogP contribution in [0.15, 0.2) is 42.5 Å². The van der Waals surface area contributed by atoms with E-state index in [1.807, 2.05) is 36.4 Å². The second-order valence-corrected chi connectivity index (χ2v) is 9.33. The van der Waals surface area contributed by atoms with Gasteiger partial charge in [-0.05, 0) is 47.0 Å². The van der Waals surface area contributed by atoms with E-state index in [1.165, 1.54) is 0 Å². The van der Waals surface area contributed by atoms with Crippen molar-refractivity contribution in [1.29, 1.82) is 0 Å². The molecule has 1 fully saturated rings. The minimum atomic E-state index is -0.192. The summed E-state index contributed by atoms with van der Waals surface area (Å²) in [6, 6.07) is 14.0. The lowest BCUT2D eigenvalue weighted by Gasteiger charge is -2.23. The van der Waals surface area contributed by atoms with Crippen LogP contribution in [0, 0.1) is 5.92 Å². The van der Waals surface area contributed by atoms with Crippen LogP contribution in [-0.4, -0.2) is 56.4 Å². The van der Waals surface area contributed by atoms with E-state index in [1.54, 1.807) is 49.8 Å². The minimum absolute atomic E-state index is 0.0327. The SMILES string of the molecule is COc1cc(OC)c2c(c1)[C@@H]1[C@@H](CO[C@H]1c1ccc(OC)c(OC)c1)[C@@H]2c1cc(OC)c(OC)c(OC)c1. The van der Waals surface area contributed by atoms with Gasteiger partial charge in [-0.1, -0.05) is 6.07 Å². The zero-order valence-electron chi connectivity index (χ0n) is 22.8. The lowest BCUT2D eigenvalue weighted by Crippen LogP contribution is -2.14. The Morgan fingerprint density at radius 2 is 1.24 bits per heavy atom. The van der Waals surface area contributed by atoms with Crippen molar-refractivity contribution >= 4 is 0 Å². The average Bonchev–Trinajstić information content (AvgIpc) is 3.53. The number of methoxy groups -OCH3 is 7. The Morgan fingerprint density at radius 1 is 0.605 bits per heavy atom. The van der Waals surface area contributed by atoms with Gasteiger partial charge in [-0.25, -0.2) is 0 Å². The van der Waals surface area contributed by atoms with Gasteiger partial charge in [-0.3, -0.25) is 0 Å². The van der Waals surface area contributed by atoms with Gasteiger partial charge in [0.15, 0.2) is 23.0 Å². The molecule has 202 valence electrons. The van der Waals surface area contributed by atoms with Crippen molar-refractivity contribution in [3.63, 3.8) is 0 Å². The maximum Gasteiger partial charge on any atom is 0.203 e. The molecule has 0 saturated carbocycles. The maximum absolute atomic E-state index is 6.53. The standard InChI is InChI=1S/C30H34O8/c1-31-18-13-19-27-20(15-38-29(27)16-8-9-21(32-2)22(10-16)33-3)26(28(19)23(14-18)34-4)17-11-24(35-5)30(37-7)25(12-17)36-6/h8-14,20,26-27,29H,15H2,1-7H3/t20-,26-,27+,29-/m0/s1. The van der Waals surface area contributed by atoms with Crippen LogP contribution in [-0.2, 0) is 4.74 Å². The predicted octanol–water partition coefficient (Wildman–Crippen LogP) is 5.36. The van der Waals surface area contributed by atoms with E-state index in [4.69, 9.17) is 37.9 Å². The highest BCUT2D eigenvalue weighted by Gasteiger charge is 2.52. The molecule has 38 heavy (non-hydrogen) atoms. The first-order valence-corrected chi connectivity index (χ1v) is 12.4. The quantitative estimate of drug-likeness (QED) is 0.372. The second-order valence-electron chi connectivity index (χ2n) is 9.33. The maximum atomic E-state index is 6.53. The molecule has 2 aliphatic rings. The van der Waals surface area contributed by atoms with Gasteiger partial charge < -0.3 is 37.9 Å². The molecule has 0 unspecified atom stereocenters. The van der Waals surface area contributed by atoms with Gasteiger partial charge in [0.05, 0.1) is 62.5 Å². The molecule has 0 aromatic heterocycles. The summed E-state index contributed by atoms with van der Waals surface area (Å²) in [6.07, 6.45) is -0.192. The van der Waals surface area contributed by atoms with E-state index < -0.39 is 0 Å². The molecule has 5 rings (SSSR count). The van der Waals surface area contributed by atoms with Gasteiger partial charge >= 0.3 is 0 Å². The summed E-state index contributed by atoms with van der Waals surface area (Å²) in [5.74, 6) is 4.78. The Kier molecular flexibility index (Phi) is 7.17. The first-order valence-electron chi connectivity index (χ1n) is 12.4. The molecular weight excluding hydrogens is 488 g/mol. The average molecular weight is 523 g/mol. The summed E-state index contributed by atoms with van der Waals surface area (Å²) in [4.78, 5) is 0. The first kappa shape index (κ1) is 25.9. The molecule has 1 heterocycles. The summed E-state index contributed by atoms with van der Waals surface area (Å²) in [5, 5.41) is 0. The molecule has 1 aliphatic carbocycles. The van der Waals surface area contributed by atoms with Gasteiger partial charge in [0.2, 0.25) is 5.75 Å². The van der Waals surface area contributed by atoms with Crippen molar-refractivity contribution in [2.75, 3.05) is 56.4 Å². The van der Waals surface area contributed by atoms with Gasteiger partial charge in [0.1, 0.15) is 11.5 Å². The van der Waals surface area contributed by atoms with Gasteiger partial charge in [0.25, 0.3) is 0 Å². The Hall–Kier alpha value is -3.78. The van der Waals surface area contributed by atoms with Crippen LogP contribution < -0.4 is 33.2 Å². The van der Waals surface area contributed by atoms with Gasteiger partial charge in [0, 0.05) is 29.4 Å². The Bertz CT molecular complexity index is 1290. The van der Waals surface area contributed by atoms with Crippen LogP contribution in [0.2, 0.25) is 0 Å². The molecule has 4 atom stereocenters. The highest BCUT2D eigenvalue weighted by atomic mass is 16.5. The fourth-order valence-electron chi connectivity index (χ4n) is 6.10. The largest absolute Gasteiger partial charge is 0.497 e. The Labute approximate surface area is 223 Å². The molecule has 8 nitrogen and oxygen atoms in total. The Morgan fingerprint density at radius 3 is 1.82 bits per heavy atom. The smallest absolute Gasteiger partial charge is 0.203 e. The van der Waals surface area contributed by atoms with E-state index in [2.05, 4.69) is 6.07 Å². The van der Waals surface area contributed by atoms with Crippen LogP contribution in [0.4, 0.5) is 0 Å². The van der Waals surface area contributed by atoms with E-state index >= 15 is 0 Å². The van der Waals surface area contributed by atoms with Crippen LogP contribution >= 0.6 is 0 Å². The van der Waals surface area contributed by atoms with E-state index in [0.29, 0.717) is 35.4 Å². The predicted molar refractivity (Wildman–Crippen MR) is 142 cm³/mol. The van der Waals surface area contributed by atoms with Crippen molar-refractivity contribution in [3.8, 4) is 40.2 Å².